The standard InChI is InChI=1S/C11H19N3O2/c1-2-15-9-5-8(6-9)7-11-14-13-10(16-11)3-4-12/h8-9H,2-7,12H2,1H3. The predicted molar refractivity (Wildman–Crippen MR) is 58.9 cm³/mol. The quantitative estimate of drug-likeness (QED) is 0.779. The Bertz CT molecular complexity index is 321. The predicted octanol–water partition coefficient (Wildman–Crippen LogP) is 0.928. The van der Waals surface area contributed by atoms with Gasteiger partial charge in [0, 0.05) is 26.0 Å². The number of ether oxygens (including phenoxy) is 1. The number of hydrogen-bond donors (Lipinski definition) is 1. The highest BCUT2D eigenvalue weighted by atomic mass is 16.5. The number of nitrogens with two attached hydrogens (primary N) is 1. The van der Waals surface area contributed by atoms with Gasteiger partial charge in [-0.1, -0.05) is 0 Å². The van der Waals surface area contributed by atoms with E-state index in [1.54, 1.807) is 0 Å². The first-order valence-electron chi connectivity index (χ1n) is 5.94. The van der Waals surface area contributed by atoms with Crippen molar-refractivity contribution < 1.29 is 9.15 Å². The van der Waals surface area contributed by atoms with Crippen LogP contribution in [0, 0.1) is 5.92 Å². The van der Waals surface area contributed by atoms with Crippen molar-refractivity contribution >= 4 is 0 Å². The Morgan fingerprint density at radius 2 is 2.12 bits per heavy atom. The van der Waals surface area contributed by atoms with E-state index in [1.165, 1.54) is 0 Å². The highest BCUT2D eigenvalue weighted by Gasteiger charge is 2.30. The van der Waals surface area contributed by atoms with Crippen molar-refractivity contribution in [3.05, 3.63) is 11.8 Å². The normalized spacial score (nSPS) is 24.4. The molecule has 0 bridgehead atoms. The van der Waals surface area contributed by atoms with Crippen molar-refractivity contribution in [1.82, 2.24) is 10.2 Å². The van der Waals surface area contributed by atoms with Crippen molar-refractivity contribution in [1.29, 1.82) is 0 Å². The van der Waals surface area contributed by atoms with Crippen molar-refractivity contribution in [3.8, 4) is 0 Å². The lowest BCUT2D eigenvalue weighted by atomic mass is 9.80. The molecule has 2 rings (SSSR count). The lowest BCUT2D eigenvalue weighted by Crippen LogP contribution is -2.32. The second-order valence-electron chi connectivity index (χ2n) is 4.25. The van der Waals surface area contributed by atoms with Crippen molar-refractivity contribution in [3.63, 3.8) is 0 Å². The van der Waals surface area contributed by atoms with Crippen LogP contribution in [0.15, 0.2) is 4.42 Å². The van der Waals surface area contributed by atoms with Crippen LogP contribution in [-0.4, -0.2) is 29.5 Å². The second-order valence-corrected chi connectivity index (χ2v) is 4.25. The van der Waals surface area contributed by atoms with Gasteiger partial charge in [-0.3, -0.25) is 0 Å². The molecule has 0 aliphatic heterocycles. The van der Waals surface area contributed by atoms with E-state index in [-0.39, 0.29) is 0 Å². The number of hydrogen-bond acceptors (Lipinski definition) is 5. The van der Waals surface area contributed by atoms with Crippen LogP contribution in [0.2, 0.25) is 0 Å². The molecule has 5 nitrogen and oxygen atoms in total. The van der Waals surface area contributed by atoms with Crippen LogP contribution in [0.4, 0.5) is 0 Å². The maximum Gasteiger partial charge on any atom is 0.217 e. The van der Waals surface area contributed by atoms with Gasteiger partial charge in [0.2, 0.25) is 11.8 Å². The Hall–Kier alpha value is -0.940. The van der Waals surface area contributed by atoms with Gasteiger partial charge in [-0.25, -0.2) is 0 Å². The maximum atomic E-state index is 5.51. The molecule has 5 heteroatoms. The fourth-order valence-electron chi connectivity index (χ4n) is 2.06. The summed E-state index contributed by atoms with van der Waals surface area (Å²) in [5, 5.41) is 7.96. The molecule has 0 saturated heterocycles. The van der Waals surface area contributed by atoms with E-state index >= 15 is 0 Å². The lowest BCUT2D eigenvalue weighted by Gasteiger charge is -2.33. The minimum absolute atomic E-state index is 0.446. The Morgan fingerprint density at radius 1 is 1.38 bits per heavy atom. The Morgan fingerprint density at radius 3 is 2.81 bits per heavy atom. The van der Waals surface area contributed by atoms with E-state index in [2.05, 4.69) is 10.2 Å². The Balaban J connectivity index is 1.73. The average Bonchev–Trinajstić information content (AvgIpc) is 2.63. The van der Waals surface area contributed by atoms with Gasteiger partial charge in [0.15, 0.2) is 0 Å². The van der Waals surface area contributed by atoms with Crippen LogP contribution in [0.25, 0.3) is 0 Å². The molecule has 0 spiro atoms. The summed E-state index contributed by atoms with van der Waals surface area (Å²) in [5.41, 5.74) is 5.42. The molecule has 1 aromatic heterocycles. The largest absolute Gasteiger partial charge is 0.425 e. The van der Waals surface area contributed by atoms with Crippen LogP contribution >= 0.6 is 0 Å². The van der Waals surface area contributed by atoms with Crippen LogP contribution in [-0.2, 0) is 17.6 Å². The molecule has 0 radical (unpaired) electrons. The van der Waals surface area contributed by atoms with E-state index in [0.717, 1.165) is 31.8 Å². The summed E-state index contributed by atoms with van der Waals surface area (Å²) in [6, 6.07) is 0. The van der Waals surface area contributed by atoms with Gasteiger partial charge in [-0.15, -0.1) is 10.2 Å². The molecule has 1 saturated carbocycles. The minimum Gasteiger partial charge on any atom is -0.425 e. The third-order valence-corrected chi connectivity index (χ3v) is 2.93. The third-order valence-electron chi connectivity index (χ3n) is 2.93. The molecule has 0 unspecified atom stereocenters. The van der Waals surface area contributed by atoms with Crippen LogP contribution in [0.5, 0.6) is 0 Å². The summed E-state index contributed by atoms with van der Waals surface area (Å²) in [6.45, 7) is 3.39. The first-order chi connectivity index (χ1) is 7.81. The highest BCUT2D eigenvalue weighted by Crippen LogP contribution is 2.32. The van der Waals surface area contributed by atoms with Gasteiger partial charge in [-0.2, -0.15) is 0 Å². The molecule has 0 aromatic carbocycles. The summed E-state index contributed by atoms with van der Waals surface area (Å²) in [5.74, 6) is 2.03. The van der Waals surface area contributed by atoms with Crippen molar-refractivity contribution in [2.75, 3.05) is 13.2 Å². The van der Waals surface area contributed by atoms with E-state index < -0.39 is 0 Å². The molecule has 0 amide bonds. The van der Waals surface area contributed by atoms with E-state index in [1.807, 2.05) is 6.92 Å². The molecule has 2 N–H and O–H groups in total. The summed E-state index contributed by atoms with van der Waals surface area (Å²) >= 11 is 0. The van der Waals surface area contributed by atoms with Crippen LogP contribution in [0.1, 0.15) is 31.5 Å². The van der Waals surface area contributed by atoms with Crippen molar-refractivity contribution in [2.24, 2.45) is 11.7 Å². The summed E-state index contributed by atoms with van der Waals surface area (Å²) in [4.78, 5) is 0. The second kappa shape index (κ2) is 5.41. The molecule has 0 atom stereocenters. The topological polar surface area (TPSA) is 74.2 Å². The zero-order valence-corrected chi connectivity index (χ0v) is 9.69. The molecule has 16 heavy (non-hydrogen) atoms. The van der Waals surface area contributed by atoms with E-state index in [0.29, 0.717) is 30.9 Å². The van der Waals surface area contributed by atoms with E-state index in [4.69, 9.17) is 14.9 Å². The Labute approximate surface area is 95.4 Å². The van der Waals surface area contributed by atoms with Gasteiger partial charge in [0.25, 0.3) is 0 Å². The number of aromatic nitrogens is 2. The highest BCUT2D eigenvalue weighted by molar-refractivity contribution is 4.90. The minimum atomic E-state index is 0.446. The average molecular weight is 225 g/mol. The molecule has 1 aliphatic rings. The zero-order chi connectivity index (χ0) is 11.4. The molecule has 1 heterocycles. The summed E-state index contributed by atoms with van der Waals surface area (Å²) in [7, 11) is 0. The maximum absolute atomic E-state index is 5.51. The molecule has 1 fully saturated rings. The third kappa shape index (κ3) is 2.80. The van der Waals surface area contributed by atoms with Gasteiger partial charge >= 0.3 is 0 Å². The molecular weight excluding hydrogens is 206 g/mol. The molecule has 90 valence electrons. The number of nitrogens with zero attached hydrogens (tertiary/aromatic N) is 2. The zero-order valence-electron chi connectivity index (χ0n) is 9.69. The first-order valence-corrected chi connectivity index (χ1v) is 5.94. The van der Waals surface area contributed by atoms with E-state index in [9.17, 15) is 0 Å². The van der Waals surface area contributed by atoms with Gasteiger partial charge in [0.05, 0.1) is 6.10 Å². The molecule has 1 aromatic rings. The van der Waals surface area contributed by atoms with Crippen LogP contribution in [0.3, 0.4) is 0 Å². The smallest absolute Gasteiger partial charge is 0.217 e. The van der Waals surface area contributed by atoms with Crippen molar-refractivity contribution in [2.45, 2.75) is 38.7 Å². The van der Waals surface area contributed by atoms with Gasteiger partial charge in [-0.05, 0) is 25.7 Å². The SMILES string of the molecule is CCOC1CC(Cc2nnc(CCN)o2)C1. The lowest BCUT2D eigenvalue weighted by molar-refractivity contribution is -0.0255. The number of rotatable bonds is 6. The summed E-state index contributed by atoms with van der Waals surface area (Å²) in [6.07, 6.45) is 4.21. The fraction of sp³-hybridized carbons (Fsp3) is 0.818. The molecule has 1 aliphatic carbocycles. The monoisotopic (exact) mass is 225 g/mol. The van der Waals surface area contributed by atoms with Gasteiger partial charge < -0.3 is 14.9 Å². The first kappa shape index (κ1) is 11.5. The summed E-state index contributed by atoms with van der Waals surface area (Å²) < 4.78 is 11.0. The fourth-order valence-corrected chi connectivity index (χ4v) is 2.06. The Kier molecular flexibility index (Phi) is 3.90. The molecular formula is C11H19N3O2. The van der Waals surface area contributed by atoms with Gasteiger partial charge in [0.1, 0.15) is 0 Å². The van der Waals surface area contributed by atoms with Crippen LogP contribution < -0.4 is 5.73 Å².